The molecule has 18 heavy (non-hydrogen) atoms. The summed E-state index contributed by atoms with van der Waals surface area (Å²) in [7, 11) is 0. The molecular formula is C13H9BrCl2N2. The molecule has 0 saturated carbocycles. The smallest absolute Gasteiger partial charge is 0.131 e. The zero-order valence-electron chi connectivity index (χ0n) is 9.20. The molecule has 0 unspecified atom stereocenters. The predicted molar refractivity (Wildman–Crippen MR) is 81.0 cm³/mol. The molecule has 0 heterocycles. The fraction of sp³-hybridized carbons (Fsp3) is 0. The Hall–Kier alpha value is -1.03. The lowest BCUT2D eigenvalue weighted by Gasteiger charge is -2.03. The molecule has 5 heteroatoms. The molecular weight excluding hydrogens is 335 g/mol. The minimum Gasteiger partial charge on any atom is -0.383 e. The Labute approximate surface area is 124 Å². The summed E-state index contributed by atoms with van der Waals surface area (Å²) in [4.78, 5) is 4.29. The summed E-state index contributed by atoms with van der Waals surface area (Å²) in [6.45, 7) is 0. The van der Waals surface area contributed by atoms with Gasteiger partial charge in [-0.15, -0.1) is 0 Å². The average molecular weight is 344 g/mol. The summed E-state index contributed by atoms with van der Waals surface area (Å²) >= 11 is 15.2. The van der Waals surface area contributed by atoms with Crippen molar-refractivity contribution in [3.05, 3.63) is 62.5 Å². The molecule has 0 fully saturated rings. The third kappa shape index (κ3) is 3.25. The van der Waals surface area contributed by atoms with Crippen LogP contribution in [0, 0.1) is 0 Å². The molecule has 92 valence electrons. The fourth-order valence-corrected chi connectivity index (χ4v) is 2.10. The SMILES string of the molecule is NC(=Nc1ccc(Cl)cc1Cl)c1ccc(Br)cc1. The van der Waals surface area contributed by atoms with E-state index in [0.29, 0.717) is 21.6 Å². The maximum absolute atomic E-state index is 6.03. The molecule has 0 amide bonds. The van der Waals surface area contributed by atoms with E-state index < -0.39 is 0 Å². The molecule has 0 spiro atoms. The first kappa shape index (κ1) is 13.4. The molecule has 0 aliphatic carbocycles. The van der Waals surface area contributed by atoms with Gasteiger partial charge in [0.2, 0.25) is 0 Å². The fourth-order valence-electron chi connectivity index (χ4n) is 1.39. The van der Waals surface area contributed by atoms with E-state index in [1.165, 1.54) is 0 Å². The lowest BCUT2D eigenvalue weighted by Crippen LogP contribution is -2.12. The Morgan fingerprint density at radius 2 is 1.72 bits per heavy atom. The van der Waals surface area contributed by atoms with E-state index in [-0.39, 0.29) is 0 Å². The van der Waals surface area contributed by atoms with Crippen LogP contribution >= 0.6 is 39.1 Å². The molecule has 0 atom stereocenters. The quantitative estimate of drug-likeness (QED) is 0.617. The second-order valence-electron chi connectivity index (χ2n) is 3.60. The number of amidine groups is 1. The third-order valence-electron chi connectivity index (χ3n) is 2.29. The van der Waals surface area contributed by atoms with Crippen molar-refractivity contribution >= 4 is 50.7 Å². The monoisotopic (exact) mass is 342 g/mol. The van der Waals surface area contributed by atoms with Crippen molar-refractivity contribution in [1.29, 1.82) is 0 Å². The molecule has 2 aromatic carbocycles. The highest BCUT2D eigenvalue weighted by molar-refractivity contribution is 9.10. The maximum Gasteiger partial charge on any atom is 0.131 e. The van der Waals surface area contributed by atoms with Gasteiger partial charge in [0.25, 0.3) is 0 Å². The summed E-state index contributed by atoms with van der Waals surface area (Å²) in [6.07, 6.45) is 0. The summed E-state index contributed by atoms with van der Waals surface area (Å²) in [5.41, 5.74) is 7.36. The minimum atomic E-state index is 0.409. The van der Waals surface area contributed by atoms with E-state index >= 15 is 0 Å². The van der Waals surface area contributed by atoms with Crippen molar-refractivity contribution in [1.82, 2.24) is 0 Å². The van der Waals surface area contributed by atoms with Crippen LogP contribution in [-0.4, -0.2) is 5.84 Å². The largest absolute Gasteiger partial charge is 0.383 e. The lowest BCUT2D eigenvalue weighted by atomic mass is 10.2. The molecule has 2 nitrogen and oxygen atoms in total. The van der Waals surface area contributed by atoms with E-state index in [1.54, 1.807) is 18.2 Å². The standard InChI is InChI=1S/C13H9BrCl2N2/c14-9-3-1-8(2-4-9)13(17)18-12-6-5-10(15)7-11(12)16/h1-7H,(H2,17,18). The average Bonchev–Trinajstić information content (AvgIpc) is 2.33. The van der Waals surface area contributed by atoms with Gasteiger partial charge in [-0.1, -0.05) is 51.3 Å². The zero-order chi connectivity index (χ0) is 13.1. The number of rotatable bonds is 2. The van der Waals surface area contributed by atoms with E-state index in [2.05, 4.69) is 20.9 Å². The van der Waals surface area contributed by atoms with Gasteiger partial charge in [0.15, 0.2) is 0 Å². The Bertz CT molecular complexity index is 594. The number of halogens is 3. The number of benzene rings is 2. The molecule has 0 aliphatic heterocycles. The van der Waals surface area contributed by atoms with Crippen molar-refractivity contribution in [3.8, 4) is 0 Å². The van der Waals surface area contributed by atoms with Crippen molar-refractivity contribution in [2.24, 2.45) is 10.7 Å². The highest BCUT2D eigenvalue weighted by Crippen LogP contribution is 2.28. The van der Waals surface area contributed by atoms with Gasteiger partial charge in [-0.25, -0.2) is 4.99 Å². The van der Waals surface area contributed by atoms with Crippen LogP contribution in [0.2, 0.25) is 10.0 Å². The number of hydrogen-bond donors (Lipinski definition) is 1. The van der Waals surface area contributed by atoms with E-state index in [9.17, 15) is 0 Å². The molecule has 0 aliphatic rings. The van der Waals surface area contributed by atoms with E-state index in [1.807, 2.05) is 24.3 Å². The highest BCUT2D eigenvalue weighted by Gasteiger charge is 2.03. The molecule has 2 rings (SSSR count). The molecule has 2 N–H and O–H groups in total. The normalized spacial score (nSPS) is 11.6. The Morgan fingerprint density at radius 1 is 1.06 bits per heavy atom. The minimum absolute atomic E-state index is 0.409. The summed E-state index contributed by atoms with van der Waals surface area (Å²) in [6, 6.07) is 12.7. The van der Waals surface area contributed by atoms with Crippen LogP contribution in [0.1, 0.15) is 5.56 Å². The van der Waals surface area contributed by atoms with Gasteiger partial charge in [0.05, 0.1) is 10.7 Å². The van der Waals surface area contributed by atoms with Crippen LogP contribution in [0.25, 0.3) is 0 Å². The van der Waals surface area contributed by atoms with Crippen LogP contribution in [0.5, 0.6) is 0 Å². The Morgan fingerprint density at radius 3 is 2.33 bits per heavy atom. The molecule has 0 radical (unpaired) electrons. The van der Waals surface area contributed by atoms with Crippen LogP contribution < -0.4 is 5.73 Å². The van der Waals surface area contributed by atoms with Gasteiger partial charge in [0, 0.05) is 15.1 Å². The lowest BCUT2D eigenvalue weighted by molar-refractivity contribution is 1.45. The first-order valence-corrected chi connectivity index (χ1v) is 6.66. The van der Waals surface area contributed by atoms with Gasteiger partial charge in [-0.2, -0.15) is 0 Å². The molecule has 0 bridgehead atoms. The first-order chi connectivity index (χ1) is 8.56. The Balaban J connectivity index is 2.35. The number of nitrogens with zero attached hydrogens (tertiary/aromatic N) is 1. The zero-order valence-corrected chi connectivity index (χ0v) is 12.3. The van der Waals surface area contributed by atoms with Gasteiger partial charge in [-0.3, -0.25) is 0 Å². The number of hydrogen-bond acceptors (Lipinski definition) is 1. The second-order valence-corrected chi connectivity index (χ2v) is 5.36. The van der Waals surface area contributed by atoms with Crippen LogP contribution in [0.15, 0.2) is 51.9 Å². The van der Waals surface area contributed by atoms with E-state index in [0.717, 1.165) is 10.0 Å². The van der Waals surface area contributed by atoms with Gasteiger partial charge in [0.1, 0.15) is 5.84 Å². The van der Waals surface area contributed by atoms with Gasteiger partial charge in [-0.05, 0) is 30.3 Å². The maximum atomic E-state index is 6.03. The third-order valence-corrected chi connectivity index (χ3v) is 3.36. The second kappa shape index (κ2) is 5.74. The highest BCUT2D eigenvalue weighted by atomic mass is 79.9. The first-order valence-electron chi connectivity index (χ1n) is 5.11. The van der Waals surface area contributed by atoms with Crippen LogP contribution in [0.4, 0.5) is 5.69 Å². The summed E-state index contributed by atoms with van der Waals surface area (Å²) in [5, 5.41) is 1.05. The molecule has 2 aromatic rings. The molecule has 0 saturated heterocycles. The van der Waals surface area contributed by atoms with Gasteiger partial charge < -0.3 is 5.73 Å². The van der Waals surface area contributed by atoms with Crippen LogP contribution in [-0.2, 0) is 0 Å². The van der Waals surface area contributed by atoms with Crippen molar-refractivity contribution < 1.29 is 0 Å². The summed E-state index contributed by atoms with van der Waals surface area (Å²) < 4.78 is 0.989. The van der Waals surface area contributed by atoms with Crippen molar-refractivity contribution in [3.63, 3.8) is 0 Å². The molecule has 0 aromatic heterocycles. The number of aliphatic imine (C=N–C) groups is 1. The van der Waals surface area contributed by atoms with Crippen molar-refractivity contribution in [2.75, 3.05) is 0 Å². The van der Waals surface area contributed by atoms with Gasteiger partial charge >= 0.3 is 0 Å². The van der Waals surface area contributed by atoms with E-state index in [4.69, 9.17) is 28.9 Å². The summed E-state index contributed by atoms with van der Waals surface area (Å²) in [5.74, 6) is 0.409. The predicted octanol–water partition coefficient (Wildman–Crippen LogP) is 4.79. The van der Waals surface area contributed by atoms with Crippen molar-refractivity contribution in [2.45, 2.75) is 0 Å². The van der Waals surface area contributed by atoms with Crippen LogP contribution in [0.3, 0.4) is 0 Å². The number of nitrogens with two attached hydrogens (primary N) is 1. The topological polar surface area (TPSA) is 38.4 Å². The Kier molecular flexibility index (Phi) is 4.27.